The number of hydrogen-bond donors (Lipinski definition) is 1. The first kappa shape index (κ1) is 18.7. The molecule has 1 atom stereocenters. The van der Waals surface area contributed by atoms with Crippen molar-refractivity contribution in [3.63, 3.8) is 0 Å². The smallest absolute Gasteiger partial charge is 0.274 e. The molecule has 2 heterocycles. The van der Waals surface area contributed by atoms with Crippen LogP contribution in [0.15, 0.2) is 41.2 Å². The number of nitrogens with one attached hydrogen (secondary N) is 1. The minimum absolute atomic E-state index is 0.109. The Morgan fingerprint density at radius 3 is 2.85 bits per heavy atom. The fraction of sp³-hybridized carbons (Fsp3) is 0.350. The van der Waals surface area contributed by atoms with Gasteiger partial charge in [-0.25, -0.2) is 0 Å². The molecule has 0 radical (unpaired) electrons. The van der Waals surface area contributed by atoms with E-state index in [0.29, 0.717) is 17.9 Å². The predicted octanol–water partition coefficient (Wildman–Crippen LogP) is 3.19. The Morgan fingerprint density at radius 1 is 1.30 bits per heavy atom. The van der Waals surface area contributed by atoms with Crippen LogP contribution in [0, 0.1) is 20.8 Å². The van der Waals surface area contributed by atoms with Gasteiger partial charge in [-0.2, -0.15) is 5.10 Å². The summed E-state index contributed by atoms with van der Waals surface area (Å²) < 4.78 is 12.9. The lowest BCUT2D eigenvalue weighted by molar-refractivity contribution is 0.0924. The molecule has 0 aliphatic carbocycles. The Morgan fingerprint density at radius 2 is 2.11 bits per heavy atom. The number of aromatic nitrogens is 3. The fourth-order valence-corrected chi connectivity index (χ4v) is 2.80. The maximum Gasteiger partial charge on any atom is 0.274 e. The summed E-state index contributed by atoms with van der Waals surface area (Å²) in [6.07, 6.45) is 3.56. The van der Waals surface area contributed by atoms with Crippen molar-refractivity contribution in [2.75, 3.05) is 0 Å². The van der Waals surface area contributed by atoms with E-state index < -0.39 is 0 Å². The molecular weight excluding hydrogens is 344 g/mol. The number of nitrogens with zero attached hydrogens (tertiary/aromatic N) is 3. The third-order valence-corrected chi connectivity index (χ3v) is 4.52. The molecule has 0 spiro atoms. The highest BCUT2D eigenvalue weighted by Crippen LogP contribution is 2.23. The normalized spacial score (nSPS) is 12.0. The third kappa shape index (κ3) is 4.36. The van der Waals surface area contributed by atoms with Gasteiger partial charge < -0.3 is 14.6 Å². The van der Waals surface area contributed by atoms with Crippen LogP contribution in [0.3, 0.4) is 0 Å². The Labute approximate surface area is 158 Å². The van der Waals surface area contributed by atoms with Gasteiger partial charge in [0.25, 0.3) is 5.91 Å². The molecule has 7 heteroatoms. The van der Waals surface area contributed by atoms with E-state index in [2.05, 4.69) is 15.6 Å². The van der Waals surface area contributed by atoms with Crippen molar-refractivity contribution in [1.82, 2.24) is 20.3 Å². The van der Waals surface area contributed by atoms with E-state index in [4.69, 9.17) is 9.26 Å². The quantitative estimate of drug-likeness (QED) is 0.692. The van der Waals surface area contributed by atoms with Gasteiger partial charge in [-0.15, -0.1) is 0 Å². The number of rotatable bonds is 7. The Kier molecular flexibility index (Phi) is 5.59. The van der Waals surface area contributed by atoms with Crippen LogP contribution < -0.4 is 10.1 Å². The van der Waals surface area contributed by atoms with Gasteiger partial charge in [-0.3, -0.25) is 9.48 Å². The molecule has 3 aromatic rings. The molecule has 2 aromatic heterocycles. The van der Waals surface area contributed by atoms with E-state index >= 15 is 0 Å². The van der Waals surface area contributed by atoms with Gasteiger partial charge in [0.1, 0.15) is 18.1 Å². The van der Waals surface area contributed by atoms with Crippen LogP contribution in [0.5, 0.6) is 5.75 Å². The van der Waals surface area contributed by atoms with Gasteiger partial charge in [0.2, 0.25) is 0 Å². The second-order valence-corrected chi connectivity index (χ2v) is 6.66. The van der Waals surface area contributed by atoms with Gasteiger partial charge in [0.05, 0.1) is 12.1 Å². The van der Waals surface area contributed by atoms with Gasteiger partial charge in [0, 0.05) is 18.4 Å². The molecule has 1 unspecified atom stereocenters. The summed E-state index contributed by atoms with van der Waals surface area (Å²) in [5, 5.41) is 11.0. The molecule has 3 rings (SSSR count). The molecule has 0 bridgehead atoms. The van der Waals surface area contributed by atoms with E-state index in [1.54, 1.807) is 17.8 Å². The van der Waals surface area contributed by atoms with Crippen LogP contribution in [0.4, 0.5) is 0 Å². The summed E-state index contributed by atoms with van der Waals surface area (Å²) in [7, 11) is 0. The van der Waals surface area contributed by atoms with Crippen LogP contribution in [0.25, 0.3) is 0 Å². The third-order valence-electron chi connectivity index (χ3n) is 4.52. The van der Waals surface area contributed by atoms with Crippen molar-refractivity contribution in [3.05, 3.63) is 64.8 Å². The van der Waals surface area contributed by atoms with Crippen LogP contribution >= 0.6 is 0 Å². The lowest BCUT2D eigenvalue weighted by Gasteiger charge is -2.14. The first-order valence-corrected chi connectivity index (χ1v) is 8.88. The molecule has 0 aliphatic rings. The summed E-state index contributed by atoms with van der Waals surface area (Å²) in [5.41, 5.74) is 3.13. The summed E-state index contributed by atoms with van der Waals surface area (Å²) in [6, 6.07) is 7.63. The SMILES string of the molecule is Cc1cccc(OCc2c(C(=O)NC(C)Cn3cccn3)noc2C)c1C. The van der Waals surface area contributed by atoms with Gasteiger partial charge in [-0.1, -0.05) is 17.3 Å². The zero-order valence-electron chi connectivity index (χ0n) is 16.0. The van der Waals surface area contributed by atoms with Crippen LogP contribution in [0.2, 0.25) is 0 Å². The van der Waals surface area contributed by atoms with Crippen LogP contribution in [-0.2, 0) is 13.2 Å². The molecule has 1 N–H and O–H groups in total. The first-order valence-electron chi connectivity index (χ1n) is 8.88. The van der Waals surface area contributed by atoms with E-state index in [1.807, 2.05) is 51.2 Å². The average Bonchev–Trinajstić information content (AvgIpc) is 3.26. The zero-order valence-corrected chi connectivity index (χ0v) is 16.0. The lowest BCUT2D eigenvalue weighted by atomic mass is 10.1. The highest BCUT2D eigenvalue weighted by molar-refractivity contribution is 5.93. The number of benzene rings is 1. The minimum atomic E-state index is -0.286. The summed E-state index contributed by atoms with van der Waals surface area (Å²) in [6.45, 7) is 8.53. The first-order chi connectivity index (χ1) is 13.0. The molecule has 1 amide bonds. The predicted molar refractivity (Wildman–Crippen MR) is 101 cm³/mol. The molecule has 0 fully saturated rings. The van der Waals surface area contributed by atoms with Crippen LogP contribution in [-0.4, -0.2) is 26.9 Å². The highest BCUT2D eigenvalue weighted by Gasteiger charge is 2.22. The second-order valence-electron chi connectivity index (χ2n) is 6.66. The Balaban J connectivity index is 1.68. The van der Waals surface area contributed by atoms with Crippen molar-refractivity contribution in [1.29, 1.82) is 0 Å². The topological polar surface area (TPSA) is 82.2 Å². The van der Waals surface area contributed by atoms with E-state index in [1.165, 1.54) is 0 Å². The Hall–Kier alpha value is -3.09. The molecule has 7 nitrogen and oxygen atoms in total. The molecule has 27 heavy (non-hydrogen) atoms. The second kappa shape index (κ2) is 8.07. The average molecular weight is 368 g/mol. The summed E-state index contributed by atoms with van der Waals surface area (Å²) >= 11 is 0. The largest absolute Gasteiger partial charge is 0.488 e. The molecule has 0 saturated heterocycles. The number of hydrogen-bond acceptors (Lipinski definition) is 5. The molecular formula is C20H24N4O3. The maximum atomic E-state index is 12.6. The molecule has 0 saturated carbocycles. The number of aryl methyl sites for hydroxylation is 2. The molecule has 0 aliphatic heterocycles. The standard InChI is InChI=1S/C20H24N4O3/c1-13-7-5-8-18(15(13)3)26-12-17-16(4)27-23-19(17)20(25)22-14(2)11-24-10-6-9-21-24/h5-10,14H,11-12H2,1-4H3,(H,22,25). The summed E-state index contributed by atoms with van der Waals surface area (Å²) in [4.78, 5) is 12.6. The van der Waals surface area contributed by atoms with Crippen molar-refractivity contribution in [3.8, 4) is 5.75 Å². The van der Waals surface area contributed by atoms with Gasteiger partial charge in [0.15, 0.2) is 5.69 Å². The zero-order chi connectivity index (χ0) is 19.4. The monoisotopic (exact) mass is 368 g/mol. The number of carbonyl (C=O) groups excluding carboxylic acids is 1. The molecule has 142 valence electrons. The van der Waals surface area contributed by atoms with E-state index in [-0.39, 0.29) is 24.2 Å². The maximum absolute atomic E-state index is 12.6. The fourth-order valence-electron chi connectivity index (χ4n) is 2.80. The Bertz CT molecular complexity index is 915. The lowest BCUT2D eigenvalue weighted by Crippen LogP contribution is -2.36. The minimum Gasteiger partial charge on any atom is -0.488 e. The summed E-state index contributed by atoms with van der Waals surface area (Å²) in [5.74, 6) is 1.07. The van der Waals surface area contributed by atoms with Crippen molar-refractivity contribution in [2.24, 2.45) is 0 Å². The van der Waals surface area contributed by atoms with Gasteiger partial charge in [-0.05, 0) is 51.0 Å². The number of ether oxygens (including phenoxy) is 1. The van der Waals surface area contributed by atoms with E-state index in [9.17, 15) is 4.79 Å². The van der Waals surface area contributed by atoms with Gasteiger partial charge >= 0.3 is 0 Å². The van der Waals surface area contributed by atoms with Crippen LogP contribution in [0.1, 0.15) is 39.9 Å². The number of amides is 1. The van der Waals surface area contributed by atoms with Crippen molar-refractivity contribution < 1.29 is 14.1 Å². The highest BCUT2D eigenvalue weighted by atomic mass is 16.5. The molecule has 1 aromatic carbocycles. The van der Waals surface area contributed by atoms with Crippen molar-refractivity contribution in [2.45, 2.75) is 46.9 Å². The number of carbonyl (C=O) groups is 1. The van der Waals surface area contributed by atoms with E-state index in [0.717, 1.165) is 16.9 Å². The van der Waals surface area contributed by atoms with Crippen molar-refractivity contribution >= 4 is 5.91 Å².